The average molecular weight is 398 g/mol. The number of hydrogen-bond donors (Lipinski definition) is 2. The molecule has 0 saturated carbocycles. The largest absolute Gasteiger partial charge is 0.325 e. The van der Waals surface area contributed by atoms with Gasteiger partial charge in [0.25, 0.3) is 0 Å². The average Bonchev–Trinajstić information content (AvgIpc) is 2.69. The number of amides is 1. The highest BCUT2D eigenvalue weighted by molar-refractivity contribution is 7.89. The highest BCUT2D eigenvalue weighted by Gasteiger charge is 2.26. The highest BCUT2D eigenvalue weighted by Crippen LogP contribution is 2.14. The van der Waals surface area contributed by atoms with Crippen LogP contribution in [0.4, 0.5) is 10.1 Å². The predicted octanol–water partition coefficient (Wildman–Crippen LogP) is 3.35. The molecule has 0 radical (unpaired) electrons. The number of hydrogen-bond acceptors (Lipinski definition) is 3. The molecule has 1 amide bonds. The fourth-order valence-electron chi connectivity index (χ4n) is 2.69. The quantitative estimate of drug-likeness (QED) is 0.641. The Morgan fingerprint density at radius 1 is 0.893 bits per heavy atom. The van der Waals surface area contributed by atoms with Gasteiger partial charge in [0.1, 0.15) is 11.9 Å². The first-order chi connectivity index (χ1) is 13.4. The van der Waals surface area contributed by atoms with E-state index in [0.717, 1.165) is 5.56 Å². The molecular weight excluding hydrogens is 379 g/mol. The number of nitrogens with one attached hydrogen (secondary N) is 2. The Morgan fingerprint density at radius 2 is 1.54 bits per heavy atom. The normalized spacial score (nSPS) is 12.3. The lowest BCUT2D eigenvalue weighted by Gasteiger charge is -2.19. The molecule has 0 unspecified atom stereocenters. The summed E-state index contributed by atoms with van der Waals surface area (Å²) in [5, 5.41) is 2.57. The van der Waals surface area contributed by atoms with Crippen LogP contribution in [0.1, 0.15) is 5.56 Å². The molecule has 0 bridgehead atoms. The molecule has 5 nitrogen and oxygen atoms in total. The summed E-state index contributed by atoms with van der Waals surface area (Å²) in [5.41, 5.74) is 1.04. The van der Waals surface area contributed by atoms with Crippen LogP contribution in [0.3, 0.4) is 0 Å². The van der Waals surface area contributed by atoms with Crippen LogP contribution in [-0.2, 0) is 21.2 Å². The van der Waals surface area contributed by atoms with Crippen molar-refractivity contribution in [2.75, 3.05) is 5.32 Å². The second kappa shape index (κ2) is 8.77. The van der Waals surface area contributed by atoms with Crippen molar-refractivity contribution in [1.82, 2.24) is 4.72 Å². The van der Waals surface area contributed by atoms with Gasteiger partial charge in [-0.15, -0.1) is 0 Å². The standard InChI is InChI=1S/C21H19FN2O3S/c22-17-10-7-11-18(15-17)23-21(25)20(14-16-8-3-1-4-9-16)24-28(26,27)19-12-5-2-6-13-19/h1-13,15,20,24H,14H2,(H,23,25)/t20-/m0/s1. The molecule has 0 saturated heterocycles. The monoisotopic (exact) mass is 398 g/mol. The molecule has 0 aromatic heterocycles. The zero-order valence-electron chi connectivity index (χ0n) is 14.9. The number of carbonyl (C=O) groups is 1. The lowest BCUT2D eigenvalue weighted by molar-refractivity contribution is -0.117. The van der Waals surface area contributed by atoms with E-state index >= 15 is 0 Å². The minimum absolute atomic E-state index is 0.0617. The van der Waals surface area contributed by atoms with Crippen LogP contribution in [-0.4, -0.2) is 20.4 Å². The van der Waals surface area contributed by atoms with Gasteiger partial charge in [0.05, 0.1) is 4.90 Å². The summed E-state index contributed by atoms with van der Waals surface area (Å²) in [5.74, 6) is -1.07. The molecule has 0 spiro atoms. The van der Waals surface area contributed by atoms with Gasteiger partial charge in [-0.2, -0.15) is 4.72 Å². The van der Waals surface area contributed by atoms with Gasteiger partial charge in [-0.25, -0.2) is 12.8 Å². The van der Waals surface area contributed by atoms with Crippen molar-refractivity contribution in [2.45, 2.75) is 17.4 Å². The van der Waals surface area contributed by atoms with Gasteiger partial charge in [-0.3, -0.25) is 4.79 Å². The molecule has 0 aliphatic heterocycles. The molecule has 3 rings (SSSR count). The Bertz CT molecular complexity index is 1040. The minimum Gasteiger partial charge on any atom is -0.325 e. The van der Waals surface area contributed by atoms with Crippen LogP contribution in [0.15, 0.2) is 89.8 Å². The van der Waals surface area contributed by atoms with Gasteiger partial charge in [0.15, 0.2) is 0 Å². The van der Waals surface area contributed by atoms with E-state index in [9.17, 15) is 17.6 Å². The van der Waals surface area contributed by atoms with Crippen molar-refractivity contribution in [2.24, 2.45) is 0 Å². The third kappa shape index (κ3) is 5.25. The fraction of sp³-hybridized carbons (Fsp3) is 0.0952. The van der Waals surface area contributed by atoms with E-state index in [0.29, 0.717) is 0 Å². The van der Waals surface area contributed by atoms with Crippen LogP contribution in [0, 0.1) is 5.82 Å². The van der Waals surface area contributed by atoms with Crippen molar-refractivity contribution in [3.8, 4) is 0 Å². The van der Waals surface area contributed by atoms with Gasteiger partial charge in [0.2, 0.25) is 15.9 Å². The second-order valence-corrected chi connectivity index (χ2v) is 7.89. The van der Waals surface area contributed by atoms with E-state index in [2.05, 4.69) is 10.0 Å². The van der Waals surface area contributed by atoms with Gasteiger partial charge in [-0.05, 0) is 42.3 Å². The molecular formula is C21H19FN2O3S. The summed E-state index contributed by atoms with van der Waals surface area (Å²) in [6.07, 6.45) is 0.147. The number of rotatable bonds is 7. The third-order valence-corrected chi connectivity index (χ3v) is 5.53. The van der Waals surface area contributed by atoms with E-state index < -0.39 is 27.8 Å². The maximum atomic E-state index is 13.4. The smallest absolute Gasteiger partial charge is 0.242 e. The summed E-state index contributed by atoms with van der Waals surface area (Å²) >= 11 is 0. The first kappa shape index (κ1) is 19.7. The molecule has 0 aliphatic rings. The summed E-state index contributed by atoms with van der Waals surface area (Å²) in [4.78, 5) is 12.8. The molecule has 144 valence electrons. The predicted molar refractivity (Wildman–Crippen MR) is 106 cm³/mol. The highest BCUT2D eigenvalue weighted by atomic mass is 32.2. The number of benzene rings is 3. The first-order valence-electron chi connectivity index (χ1n) is 8.62. The molecule has 28 heavy (non-hydrogen) atoms. The van der Waals surface area contributed by atoms with Crippen molar-refractivity contribution < 1.29 is 17.6 Å². The summed E-state index contributed by atoms with van der Waals surface area (Å²) in [6, 6.07) is 21.2. The van der Waals surface area contributed by atoms with Gasteiger partial charge < -0.3 is 5.32 Å². The third-order valence-electron chi connectivity index (χ3n) is 4.04. The molecule has 3 aromatic carbocycles. The van der Waals surface area contributed by atoms with E-state index in [1.54, 1.807) is 30.3 Å². The van der Waals surface area contributed by atoms with Crippen molar-refractivity contribution in [3.63, 3.8) is 0 Å². The zero-order chi connectivity index (χ0) is 20.0. The van der Waals surface area contributed by atoms with Crippen LogP contribution in [0.2, 0.25) is 0 Å². The summed E-state index contributed by atoms with van der Waals surface area (Å²) in [7, 11) is -3.91. The van der Waals surface area contributed by atoms with Gasteiger partial charge >= 0.3 is 0 Å². The van der Waals surface area contributed by atoms with E-state index in [-0.39, 0.29) is 17.0 Å². The topological polar surface area (TPSA) is 75.3 Å². The molecule has 3 aromatic rings. The Hall–Kier alpha value is -3.03. The van der Waals surface area contributed by atoms with Crippen LogP contribution >= 0.6 is 0 Å². The summed E-state index contributed by atoms with van der Waals surface area (Å²) in [6.45, 7) is 0. The summed E-state index contributed by atoms with van der Waals surface area (Å²) < 4.78 is 41.2. The lowest BCUT2D eigenvalue weighted by atomic mass is 10.1. The van der Waals surface area contributed by atoms with Crippen molar-refractivity contribution >= 4 is 21.6 Å². The number of sulfonamides is 1. The van der Waals surface area contributed by atoms with Crippen molar-refractivity contribution in [1.29, 1.82) is 0 Å². The minimum atomic E-state index is -3.91. The van der Waals surface area contributed by atoms with E-state index in [1.165, 1.54) is 36.4 Å². The molecule has 2 N–H and O–H groups in total. The maximum absolute atomic E-state index is 13.4. The molecule has 7 heteroatoms. The van der Waals surface area contributed by atoms with E-state index in [4.69, 9.17) is 0 Å². The SMILES string of the molecule is O=C(Nc1cccc(F)c1)[C@H](Cc1ccccc1)NS(=O)(=O)c1ccccc1. The Morgan fingerprint density at radius 3 is 2.18 bits per heavy atom. The van der Waals surface area contributed by atoms with E-state index in [1.807, 2.05) is 18.2 Å². The molecule has 1 atom stereocenters. The van der Waals surface area contributed by atoms with Gasteiger partial charge in [0, 0.05) is 5.69 Å². The molecule has 0 fully saturated rings. The molecule has 0 heterocycles. The van der Waals surface area contributed by atoms with Crippen LogP contribution < -0.4 is 10.0 Å². The molecule has 0 aliphatic carbocycles. The first-order valence-corrected chi connectivity index (χ1v) is 10.1. The number of carbonyl (C=O) groups excluding carboxylic acids is 1. The lowest BCUT2D eigenvalue weighted by Crippen LogP contribution is -2.45. The van der Waals surface area contributed by atoms with Crippen LogP contribution in [0.25, 0.3) is 0 Å². The zero-order valence-corrected chi connectivity index (χ0v) is 15.7. The maximum Gasteiger partial charge on any atom is 0.242 e. The Labute approximate surface area is 163 Å². The number of anilines is 1. The van der Waals surface area contributed by atoms with Crippen molar-refractivity contribution in [3.05, 3.63) is 96.3 Å². The Balaban J connectivity index is 1.85. The Kier molecular flexibility index (Phi) is 6.18. The van der Waals surface area contributed by atoms with Crippen LogP contribution in [0.5, 0.6) is 0 Å². The fourth-order valence-corrected chi connectivity index (χ4v) is 3.90. The number of halogens is 1. The van der Waals surface area contributed by atoms with Gasteiger partial charge in [-0.1, -0.05) is 54.6 Å². The second-order valence-electron chi connectivity index (χ2n) is 6.18.